The van der Waals surface area contributed by atoms with Gasteiger partial charge in [0.25, 0.3) is 0 Å². The molecule has 1 amide bonds. The van der Waals surface area contributed by atoms with Gasteiger partial charge in [0, 0.05) is 19.0 Å². The Morgan fingerprint density at radius 1 is 1.06 bits per heavy atom. The van der Waals surface area contributed by atoms with Crippen LogP contribution in [-0.2, 0) is 14.8 Å². The third-order valence-corrected chi connectivity index (χ3v) is 7.55. The molecule has 1 aliphatic rings. The minimum Gasteiger partial charge on any atom is -0.349 e. The highest BCUT2D eigenvalue weighted by Gasteiger charge is 2.32. The summed E-state index contributed by atoms with van der Waals surface area (Å²) in [4.78, 5) is 17.0. The smallest absolute Gasteiger partial charge is 0.243 e. The standard InChI is InChI=1S/C22H25N5O3S/c1-17(18-7-9-20(10-8-18)27-16-23-15-24-27)25-22(28)19-11-13-26(14-12-19)31(29,30)21-5-3-2-4-6-21/h2-10,15-17,19H,11-14H2,1H3,(H,25,28)/t17-/m1/s1. The second-order valence-electron chi connectivity index (χ2n) is 7.65. The van der Waals surface area contributed by atoms with E-state index in [0.717, 1.165) is 11.3 Å². The van der Waals surface area contributed by atoms with E-state index in [2.05, 4.69) is 15.4 Å². The monoisotopic (exact) mass is 439 g/mol. The molecule has 31 heavy (non-hydrogen) atoms. The van der Waals surface area contributed by atoms with Gasteiger partial charge < -0.3 is 5.32 Å². The average Bonchev–Trinajstić information content (AvgIpc) is 3.35. The van der Waals surface area contributed by atoms with Crippen molar-refractivity contribution in [2.45, 2.75) is 30.7 Å². The van der Waals surface area contributed by atoms with Crippen LogP contribution in [0.4, 0.5) is 0 Å². The zero-order valence-corrected chi connectivity index (χ0v) is 18.1. The molecule has 0 bridgehead atoms. The van der Waals surface area contributed by atoms with Gasteiger partial charge in [-0.15, -0.1) is 0 Å². The Labute approximate surface area is 182 Å². The first kappa shape index (κ1) is 21.2. The molecule has 2 aromatic carbocycles. The molecule has 9 heteroatoms. The van der Waals surface area contributed by atoms with Crippen molar-refractivity contribution in [3.8, 4) is 5.69 Å². The highest BCUT2D eigenvalue weighted by atomic mass is 32.2. The number of nitrogens with one attached hydrogen (secondary N) is 1. The number of carbonyl (C=O) groups excluding carboxylic acids is 1. The van der Waals surface area contributed by atoms with Crippen molar-refractivity contribution < 1.29 is 13.2 Å². The number of piperidine rings is 1. The normalized spacial score (nSPS) is 16.7. The third-order valence-electron chi connectivity index (χ3n) is 5.64. The van der Waals surface area contributed by atoms with E-state index in [1.54, 1.807) is 41.3 Å². The van der Waals surface area contributed by atoms with Gasteiger partial charge in [-0.25, -0.2) is 18.1 Å². The molecule has 1 atom stereocenters. The van der Waals surface area contributed by atoms with Crippen molar-refractivity contribution in [1.29, 1.82) is 0 Å². The lowest BCUT2D eigenvalue weighted by Gasteiger charge is -2.31. The largest absolute Gasteiger partial charge is 0.349 e. The van der Waals surface area contributed by atoms with E-state index >= 15 is 0 Å². The molecule has 4 rings (SSSR count). The van der Waals surface area contributed by atoms with Gasteiger partial charge in [0.05, 0.1) is 16.6 Å². The summed E-state index contributed by atoms with van der Waals surface area (Å²) in [7, 11) is -3.51. The lowest BCUT2D eigenvalue weighted by Crippen LogP contribution is -2.43. The lowest BCUT2D eigenvalue weighted by molar-refractivity contribution is -0.126. The summed E-state index contributed by atoms with van der Waals surface area (Å²) < 4.78 is 28.7. The zero-order chi connectivity index (χ0) is 21.8. The van der Waals surface area contributed by atoms with Crippen LogP contribution < -0.4 is 5.32 Å². The summed E-state index contributed by atoms with van der Waals surface area (Å²) in [5.74, 6) is -0.233. The van der Waals surface area contributed by atoms with Gasteiger partial charge >= 0.3 is 0 Å². The van der Waals surface area contributed by atoms with E-state index in [9.17, 15) is 13.2 Å². The molecule has 162 valence electrons. The van der Waals surface area contributed by atoms with Crippen LogP contribution in [0, 0.1) is 5.92 Å². The average molecular weight is 440 g/mol. The van der Waals surface area contributed by atoms with Crippen molar-refractivity contribution >= 4 is 15.9 Å². The van der Waals surface area contributed by atoms with Crippen molar-refractivity contribution in [3.63, 3.8) is 0 Å². The second-order valence-corrected chi connectivity index (χ2v) is 9.59. The van der Waals surface area contributed by atoms with Crippen molar-refractivity contribution in [2.24, 2.45) is 5.92 Å². The van der Waals surface area contributed by atoms with Gasteiger partial charge in [0.1, 0.15) is 12.7 Å². The Hall–Kier alpha value is -3.04. The van der Waals surface area contributed by atoms with Crippen LogP contribution in [0.25, 0.3) is 5.69 Å². The third kappa shape index (κ3) is 4.67. The van der Waals surface area contributed by atoms with Crippen molar-refractivity contribution in [2.75, 3.05) is 13.1 Å². The molecule has 1 saturated heterocycles. The molecule has 1 N–H and O–H groups in total. The number of rotatable bonds is 6. The first-order valence-electron chi connectivity index (χ1n) is 10.3. The summed E-state index contributed by atoms with van der Waals surface area (Å²) in [5, 5.41) is 7.17. The first-order chi connectivity index (χ1) is 14.9. The van der Waals surface area contributed by atoms with Crippen LogP contribution in [0.3, 0.4) is 0 Å². The van der Waals surface area contributed by atoms with Gasteiger partial charge in [-0.05, 0) is 49.6 Å². The van der Waals surface area contributed by atoms with Gasteiger partial charge in [0.2, 0.25) is 15.9 Å². The van der Waals surface area contributed by atoms with Crippen molar-refractivity contribution in [1.82, 2.24) is 24.4 Å². The lowest BCUT2D eigenvalue weighted by atomic mass is 9.96. The molecule has 0 unspecified atom stereocenters. The number of amides is 1. The van der Waals surface area contributed by atoms with Gasteiger partial charge in [-0.1, -0.05) is 30.3 Å². The second kappa shape index (κ2) is 8.99. The van der Waals surface area contributed by atoms with E-state index in [4.69, 9.17) is 0 Å². The molecule has 0 radical (unpaired) electrons. The molecule has 0 saturated carbocycles. The summed E-state index contributed by atoms with van der Waals surface area (Å²) in [5.41, 5.74) is 1.88. The highest BCUT2D eigenvalue weighted by Crippen LogP contribution is 2.25. The fourth-order valence-electron chi connectivity index (χ4n) is 3.77. The summed E-state index contributed by atoms with van der Waals surface area (Å²) >= 11 is 0. The van der Waals surface area contributed by atoms with E-state index in [0.29, 0.717) is 30.8 Å². The quantitative estimate of drug-likeness (QED) is 0.637. The topological polar surface area (TPSA) is 97.2 Å². The number of hydrogen-bond donors (Lipinski definition) is 1. The maximum atomic E-state index is 12.8. The highest BCUT2D eigenvalue weighted by molar-refractivity contribution is 7.89. The number of benzene rings is 2. The predicted molar refractivity (Wildman–Crippen MR) is 116 cm³/mol. The van der Waals surface area contributed by atoms with Gasteiger partial charge in [-0.3, -0.25) is 4.79 Å². The molecule has 2 heterocycles. The van der Waals surface area contributed by atoms with E-state index in [1.807, 2.05) is 31.2 Å². The Balaban J connectivity index is 1.33. The predicted octanol–water partition coefficient (Wildman–Crippen LogP) is 2.55. The van der Waals surface area contributed by atoms with Crippen molar-refractivity contribution in [3.05, 3.63) is 72.8 Å². The summed E-state index contributed by atoms with van der Waals surface area (Å²) in [6.07, 6.45) is 4.13. The maximum Gasteiger partial charge on any atom is 0.243 e. The number of sulfonamides is 1. The van der Waals surface area contributed by atoms with Crippen LogP contribution >= 0.6 is 0 Å². The first-order valence-corrected chi connectivity index (χ1v) is 11.7. The van der Waals surface area contributed by atoms with Crippen LogP contribution in [0.5, 0.6) is 0 Å². The maximum absolute atomic E-state index is 12.8. The van der Waals surface area contributed by atoms with Gasteiger partial charge in [0.15, 0.2) is 0 Å². The molecular weight excluding hydrogens is 414 g/mol. The van der Waals surface area contributed by atoms with Crippen LogP contribution in [0.1, 0.15) is 31.4 Å². The summed E-state index contributed by atoms with van der Waals surface area (Å²) in [6, 6.07) is 16.0. The summed E-state index contributed by atoms with van der Waals surface area (Å²) in [6.45, 7) is 2.63. The van der Waals surface area contributed by atoms with E-state index in [1.165, 1.54) is 10.6 Å². The molecule has 0 aliphatic carbocycles. The van der Waals surface area contributed by atoms with Crippen LogP contribution in [0.2, 0.25) is 0 Å². The van der Waals surface area contributed by atoms with E-state index in [-0.39, 0.29) is 17.9 Å². The molecule has 1 aliphatic heterocycles. The zero-order valence-electron chi connectivity index (χ0n) is 17.3. The Kier molecular flexibility index (Phi) is 6.15. The SMILES string of the molecule is C[C@@H](NC(=O)C1CCN(S(=O)(=O)c2ccccc2)CC1)c1ccc(-n2cncn2)cc1. The Bertz CT molecular complexity index is 1110. The molecule has 1 aromatic heterocycles. The number of aromatic nitrogens is 3. The van der Waals surface area contributed by atoms with Crippen LogP contribution in [-0.4, -0.2) is 46.5 Å². The Morgan fingerprint density at radius 2 is 1.74 bits per heavy atom. The fourth-order valence-corrected chi connectivity index (χ4v) is 5.26. The molecule has 0 spiro atoms. The molecule has 8 nitrogen and oxygen atoms in total. The number of nitrogens with zero attached hydrogens (tertiary/aromatic N) is 4. The number of carbonyl (C=O) groups is 1. The minimum atomic E-state index is -3.51. The van der Waals surface area contributed by atoms with Crippen LogP contribution in [0.15, 0.2) is 72.1 Å². The van der Waals surface area contributed by atoms with E-state index < -0.39 is 10.0 Å². The molecular formula is C22H25N5O3S. The fraction of sp³-hybridized carbons (Fsp3) is 0.318. The Morgan fingerprint density at radius 3 is 2.35 bits per heavy atom. The van der Waals surface area contributed by atoms with Gasteiger partial charge in [-0.2, -0.15) is 9.40 Å². The molecule has 1 fully saturated rings. The minimum absolute atomic E-state index is 0.0374. The number of hydrogen-bond acceptors (Lipinski definition) is 5. The molecule has 3 aromatic rings.